The lowest BCUT2D eigenvalue weighted by Crippen LogP contribution is -2.19. The van der Waals surface area contributed by atoms with Crippen molar-refractivity contribution in [1.82, 2.24) is 0 Å². The number of aryl methyl sites for hydroxylation is 1. The predicted molar refractivity (Wildman–Crippen MR) is 143 cm³/mol. The summed E-state index contributed by atoms with van der Waals surface area (Å²) in [5, 5.41) is 0. The van der Waals surface area contributed by atoms with Crippen LogP contribution in [0.1, 0.15) is 124 Å². The summed E-state index contributed by atoms with van der Waals surface area (Å²) in [5.74, 6) is -1.64. The van der Waals surface area contributed by atoms with E-state index < -0.39 is 17.9 Å². The summed E-state index contributed by atoms with van der Waals surface area (Å²) >= 11 is 0. The van der Waals surface area contributed by atoms with Crippen molar-refractivity contribution in [1.29, 1.82) is 0 Å². The van der Waals surface area contributed by atoms with Gasteiger partial charge in [-0.05, 0) is 37.8 Å². The van der Waals surface area contributed by atoms with E-state index in [1.54, 1.807) is 19.1 Å². The Morgan fingerprint density at radius 1 is 0.694 bits per heavy atom. The second-order valence-electron chi connectivity index (χ2n) is 9.31. The van der Waals surface area contributed by atoms with Crippen LogP contribution in [-0.4, -0.2) is 37.7 Å². The van der Waals surface area contributed by atoms with Gasteiger partial charge >= 0.3 is 17.9 Å². The highest BCUT2D eigenvalue weighted by Gasteiger charge is 2.23. The lowest BCUT2D eigenvalue weighted by Gasteiger charge is -2.14. The van der Waals surface area contributed by atoms with Crippen LogP contribution in [0.25, 0.3) is 0 Å². The number of hydrogen-bond acceptors (Lipinski definition) is 6. The summed E-state index contributed by atoms with van der Waals surface area (Å²) in [6.45, 7) is 9.59. The van der Waals surface area contributed by atoms with Gasteiger partial charge in [-0.2, -0.15) is 0 Å². The average molecular weight is 503 g/mol. The Balaban J connectivity index is 2.80. The second kappa shape index (κ2) is 19.5. The molecule has 0 unspecified atom stereocenters. The number of unbranched alkanes of at least 4 members (excludes halogenated alkanes) is 10. The quantitative estimate of drug-likeness (QED) is 0.0801. The molecule has 0 aliphatic heterocycles. The molecule has 0 heterocycles. The number of ether oxygens (including phenoxy) is 3. The minimum atomic E-state index is -0.627. The Morgan fingerprint density at radius 3 is 1.89 bits per heavy atom. The van der Waals surface area contributed by atoms with Gasteiger partial charge in [0.1, 0.15) is 13.2 Å². The monoisotopic (exact) mass is 502 g/mol. The first-order valence-corrected chi connectivity index (χ1v) is 13.7. The molecule has 0 spiro atoms. The molecular weight excluding hydrogens is 456 g/mol. The van der Waals surface area contributed by atoms with E-state index in [0.29, 0.717) is 18.6 Å². The maximum Gasteiger partial charge on any atom is 0.339 e. The SMILES string of the molecule is C=C(C)C(=O)OCCOC(=O)c1cccc(CCCCCCCC)c1C(=O)OCCCCCCCC. The van der Waals surface area contributed by atoms with E-state index in [9.17, 15) is 14.4 Å². The van der Waals surface area contributed by atoms with Crippen molar-refractivity contribution in [3.05, 3.63) is 47.0 Å². The Hall–Kier alpha value is -2.63. The van der Waals surface area contributed by atoms with Gasteiger partial charge in [-0.3, -0.25) is 0 Å². The van der Waals surface area contributed by atoms with Crippen LogP contribution in [0.2, 0.25) is 0 Å². The molecule has 0 aromatic heterocycles. The van der Waals surface area contributed by atoms with Crippen LogP contribution in [0.4, 0.5) is 0 Å². The largest absolute Gasteiger partial charge is 0.462 e. The molecule has 1 aromatic rings. The topological polar surface area (TPSA) is 78.9 Å². The summed E-state index contributed by atoms with van der Waals surface area (Å²) in [7, 11) is 0. The molecule has 0 radical (unpaired) electrons. The summed E-state index contributed by atoms with van der Waals surface area (Å²) < 4.78 is 15.9. The lowest BCUT2D eigenvalue weighted by atomic mass is 9.96. The predicted octanol–water partition coefficient (Wildman–Crippen LogP) is 7.38. The zero-order chi connectivity index (χ0) is 26.6. The molecular formula is C30H46O6. The van der Waals surface area contributed by atoms with Crippen LogP contribution in [0.5, 0.6) is 0 Å². The van der Waals surface area contributed by atoms with Gasteiger partial charge in [0.05, 0.1) is 17.7 Å². The van der Waals surface area contributed by atoms with E-state index in [1.165, 1.54) is 38.5 Å². The molecule has 0 fully saturated rings. The summed E-state index contributed by atoms with van der Waals surface area (Å²) in [6, 6.07) is 5.25. The summed E-state index contributed by atoms with van der Waals surface area (Å²) in [5.41, 5.74) is 1.57. The fourth-order valence-electron chi connectivity index (χ4n) is 3.90. The molecule has 0 aliphatic carbocycles. The maximum atomic E-state index is 13.1. The fraction of sp³-hybridized carbons (Fsp3) is 0.633. The van der Waals surface area contributed by atoms with Crippen LogP contribution in [0.3, 0.4) is 0 Å². The first-order chi connectivity index (χ1) is 17.4. The summed E-state index contributed by atoms with van der Waals surface area (Å²) in [6.07, 6.45) is 14.1. The van der Waals surface area contributed by atoms with Gasteiger partial charge < -0.3 is 14.2 Å². The van der Waals surface area contributed by atoms with E-state index in [4.69, 9.17) is 14.2 Å². The van der Waals surface area contributed by atoms with E-state index in [0.717, 1.165) is 44.1 Å². The highest BCUT2D eigenvalue weighted by atomic mass is 16.6. The second-order valence-corrected chi connectivity index (χ2v) is 9.31. The molecule has 1 aromatic carbocycles. The summed E-state index contributed by atoms with van der Waals surface area (Å²) in [4.78, 5) is 37.4. The molecule has 0 saturated carbocycles. The van der Waals surface area contributed by atoms with Gasteiger partial charge in [0, 0.05) is 5.57 Å². The molecule has 0 aliphatic rings. The highest BCUT2D eigenvalue weighted by Crippen LogP contribution is 2.21. The number of carbonyl (C=O) groups excluding carboxylic acids is 3. The third kappa shape index (κ3) is 12.9. The van der Waals surface area contributed by atoms with Gasteiger partial charge in [-0.1, -0.05) is 96.8 Å². The van der Waals surface area contributed by atoms with Gasteiger partial charge in [0.2, 0.25) is 0 Å². The minimum Gasteiger partial charge on any atom is -0.462 e. The Labute approximate surface area is 217 Å². The van der Waals surface area contributed by atoms with E-state index >= 15 is 0 Å². The molecule has 0 amide bonds. The number of carbonyl (C=O) groups is 3. The van der Waals surface area contributed by atoms with Crippen molar-refractivity contribution in [2.45, 2.75) is 104 Å². The molecule has 36 heavy (non-hydrogen) atoms. The van der Waals surface area contributed by atoms with Crippen molar-refractivity contribution in [3.8, 4) is 0 Å². The first kappa shape index (κ1) is 31.4. The number of hydrogen-bond donors (Lipinski definition) is 0. The first-order valence-electron chi connectivity index (χ1n) is 13.7. The maximum absolute atomic E-state index is 13.1. The van der Waals surface area contributed by atoms with E-state index in [2.05, 4.69) is 20.4 Å². The lowest BCUT2D eigenvalue weighted by molar-refractivity contribution is -0.140. The van der Waals surface area contributed by atoms with Gasteiger partial charge in [0.15, 0.2) is 0 Å². The molecule has 0 bridgehead atoms. The van der Waals surface area contributed by atoms with Crippen molar-refractivity contribution in [2.75, 3.05) is 19.8 Å². The van der Waals surface area contributed by atoms with Gasteiger partial charge in [-0.15, -0.1) is 0 Å². The zero-order valence-electron chi connectivity index (χ0n) is 22.7. The number of esters is 3. The molecule has 202 valence electrons. The zero-order valence-corrected chi connectivity index (χ0v) is 22.7. The molecule has 6 nitrogen and oxygen atoms in total. The fourth-order valence-corrected chi connectivity index (χ4v) is 3.90. The van der Waals surface area contributed by atoms with Crippen molar-refractivity contribution in [2.24, 2.45) is 0 Å². The normalized spacial score (nSPS) is 10.6. The van der Waals surface area contributed by atoms with Crippen molar-refractivity contribution in [3.63, 3.8) is 0 Å². The number of rotatable bonds is 20. The Bertz CT molecular complexity index is 814. The highest BCUT2D eigenvalue weighted by molar-refractivity contribution is 6.04. The Kier molecular flexibility index (Phi) is 17.0. The third-order valence-corrected chi connectivity index (χ3v) is 6.00. The van der Waals surface area contributed by atoms with Crippen molar-refractivity contribution >= 4 is 17.9 Å². The molecule has 1 rings (SSSR count). The van der Waals surface area contributed by atoms with Gasteiger partial charge in [0.25, 0.3) is 0 Å². The smallest absolute Gasteiger partial charge is 0.339 e. The van der Waals surface area contributed by atoms with E-state index in [-0.39, 0.29) is 24.4 Å². The number of benzene rings is 1. The van der Waals surface area contributed by atoms with E-state index in [1.807, 2.05) is 6.07 Å². The Morgan fingerprint density at radius 2 is 1.25 bits per heavy atom. The molecule has 6 heteroatoms. The van der Waals surface area contributed by atoms with Crippen LogP contribution in [0.15, 0.2) is 30.4 Å². The van der Waals surface area contributed by atoms with Crippen LogP contribution >= 0.6 is 0 Å². The molecule has 0 atom stereocenters. The van der Waals surface area contributed by atoms with Crippen LogP contribution in [-0.2, 0) is 25.4 Å². The van der Waals surface area contributed by atoms with Crippen LogP contribution < -0.4 is 0 Å². The average Bonchev–Trinajstić information content (AvgIpc) is 2.87. The minimum absolute atomic E-state index is 0.0767. The van der Waals surface area contributed by atoms with Crippen molar-refractivity contribution < 1.29 is 28.6 Å². The standard InChI is InChI=1S/C30H46O6/c1-5-7-9-11-13-15-18-25-19-17-20-26(29(32)36-23-22-35-28(31)24(3)4)27(25)30(33)34-21-16-14-12-10-8-6-2/h17,19-20H,3,5-16,18,21-23H2,1-2,4H3. The van der Waals surface area contributed by atoms with Gasteiger partial charge in [-0.25, -0.2) is 14.4 Å². The molecule has 0 N–H and O–H groups in total. The molecule has 0 saturated heterocycles. The van der Waals surface area contributed by atoms with Crippen LogP contribution in [0, 0.1) is 0 Å². The third-order valence-electron chi connectivity index (χ3n) is 6.00.